The zero-order chi connectivity index (χ0) is 34.2. The van der Waals surface area contributed by atoms with Crippen molar-refractivity contribution in [3.63, 3.8) is 0 Å². The number of fused-ring (bicyclic) bond motifs is 3. The van der Waals surface area contributed by atoms with Gasteiger partial charge in [-0.25, -0.2) is 9.97 Å². The van der Waals surface area contributed by atoms with Gasteiger partial charge < -0.3 is 26.7 Å². The molecule has 2 aromatic heterocycles. The number of aryl methyl sites for hydroxylation is 1. The van der Waals surface area contributed by atoms with Crippen LogP contribution in [0.3, 0.4) is 0 Å². The second-order valence-corrected chi connectivity index (χ2v) is 11.9. The standard InChI is InChI=1S/C35H40N8O5/c1-2-3-11-28-40-32-33(43(28)21-22-13-15-23(36)16-14-22)24-9-6-7-10-25(24)39-34(32)41-35(48)26(20-27(37)44)38-29(45)12-5-4-8-19-42-30(46)17-18-31(42)47/h6-7,9-10,13-18,26H,2-5,8,11-12,19-21,36H2,1H3,(H2,37,44)(H,38,45)(H,39,41,48)/t26-/m0/s1. The molecule has 13 heteroatoms. The molecule has 13 nitrogen and oxygen atoms in total. The lowest BCUT2D eigenvalue weighted by Gasteiger charge is -2.18. The maximum atomic E-state index is 13.6. The first kappa shape index (κ1) is 33.8. The summed E-state index contributed by atoms with van der Waals surface area (Å²) in [7, 11) is 0. The fraction of sp³-hybridized carbons (Fsp3) is 0.343. The average Bonchev–Trinajstić information content (AvgIpc) is 3.58. The highest BCUT2D eigenvalue weighted by molar-refractivity contribution is 6.13. The van der Waals surface area contributed by atoms with E-state index in [1.165, 1.54) is 12.2 Å². The first-order valence-corrected chi connectivity index (χ1v) is 16.2. The van der Waals surface area contributed by atoms with Crippen molar-refractivity contribution in [3.8, 4) is 0 Å². The topological polar surface area (TPSA) is 195 Å². The molecule has 5 amide bonds. The van der Waals surface area contributed by atoms with Crippen molar-refractivity contribution in [2.45, 2.75) is 70.9 Å². The van der Waals surface area contributed by atoms with Gasteiger partial charge in [0.2, 0.25) is 17.7 Å². The van der Waals surface area contributed by atoms with E-state index in [2.05, 4.69) is 22.1 Å². The molecule has 1 atom stereocenters. The highest BCUT2D eigenvalue weighted by Gasteiger charge is 2.26. The van der Waals surface area contributed by atoms with E-state index < -0.39 is 30.2 Å². The minimum absolute atomic E-state index is 0.0808. The molecule has 1 aliphatic rings. The van der Waals surface area contributed by atoms with Gasteiger partial charge in [-0.1, -0.05) is 50.1 Å². The van der Waals surface area contributed by atoms with E-state index in [0.29, 0.717) is 48.9 Å². The first-order chi connectivity index (χ1) is 23.1. The molecule has 4 aromatic rings. The summed E-state index contributed by atoms with van der Waals surface area (Å²) in [6.45, 7) is 2.90. The molecular formula is C35H40N8O5. The number of carbonyl (C=O) groups excluding carboxylic acids is 5. The normalized spacial score (nSPS) is 13.4. The van der Waals surface area contributed by atoms with E-state index in [1.807, 2.05) is 48.5 Å². The number of hydrogen-bond donors (Lipinski definition) is 4. The van der Waals surface area contributed by atoms with Gasteiger partial charge in [-0.05, 0) is 43.0 Å². The lowest BCUT2D eigenvalue weighted by Crippen LogP contribution is -2.46. The van der Waals surface area contributed by atoms with Crippen LogP contribution in [0, 0.1) is 0 Å². The summed E-state index contributed by atoms with van der Waals surface area (Å²) in [5.74, 6) is -1.47. The summed E-state index contributed by atoms with van der Waals surface area (Å²) < 4.78 is 2.14. The Bertz CT molecular complexity index is 1860. The van der Waals surface area contributed by atoms with Crippen LogP contribution in [0.15, 0.2) is 60.7 Å². The third-order valence-electron chi connectivity index (χ3n) is 8.22. The number of benzene rings is 2. The second-order valence-electron chi connectivity index (χ2n) is 11.9. The summed E-state index contributed by atoms with van der Waals surface area (Å²) in [4.78, 5) is 72.7. The highest BCUT2D eigenvalue weighted by Crippen LogP contribution is 2.31. The van der Waals surface area contributed by atoms with Gasteiger partial charge in [0.15, 0.2) is 5.82 Å². The number of pyridine rings is 1. The van der Waals surface area contributed by atoms with Crippen molar-refractivity contribution >= 4 is 63.0 Å². The Kier molecular flexibility index (Phi) is 10.8. The lowest BCUT2D eigenvalue weighted by molar-refractivity contribution is -0.137. The number of aromatic nitrogens is 3. The Labute approximate surface area is 277 Å². The first-order valence-electron chi connectivity index (χ1n) is 16.2. The number of amides is 5. The van der Waals surface area contributed by atoms with E-state index in [9.17, 15) is 24.0 Å². The van der Waals surface area contributed by atoms with Crippen molar-refractivity contribution in [1.82, 2.24) is 24.8 Å². The second kappa shape index (κ2) is 15.3. The summed E-state index contributed by atoms with van der Waals surface area (Å²) in [5.41, 5.74) is 15.0. The van der Waals surface area contributed by atoms with Crippen LogP contribution in [0.4, 0.5) is 11.5 Å². The zero-order valence-electron chi connectivity index (χ0n) is 26.9. The molecule has 1 aliphatic heterocycles. The number of primary amides is 1. The lowest BCUT2D eigenvalue weighted by atomic mass is 10.1. The Balaban J connectivity index is 1.35. The maximum absolute atomic E-state index is 13.6. The average molecular weight is 653 g/mol. The molecule has 0 saturated heterocycles. The van der Waals surface area contributed by atoms with Crippen LogP contribution in [0.25, 0.3) is 21.9 Å². The predicted octanol–water partition coefficient (Wildman–Crippen LogP) is 3.34. The van der Waals surface area contributed by atoms with E-state index >= 15 is 0 Å². The third-order valence-corrected chi connectivity index (χ3v) is 8.22. The molecule has 6 N–H and O–H groups in total. The number of anilines is 2. The van der Waals surface area contributed by atoms with Crippen LogP contribution in [0.5, 0.6) is 0 Å². The van der Waals surface area contributed by atoms with Crippen LogP contribution in [0.2, 0.25) is 0 Å². The van der Waals surface area contributed by atoms with Gasteiger partial charge in [0.1, 0.15) is 17.4 Å². The number of nitrogens with zero attached hydrogens (tertiary/aromatic N) is 4. The minimum Gasteiger partial charge on any atom is -0.399 e. The molecule has 250 valence electrons. The molecular weight excluding hydrogens is 612 g/mol. The van der Waals surface area contributed by atoms with E-state index in [0.717, 1.165) is 40.0 Å². The van der Waals surface area contributed by atoms with Gasteiger partial charge in [-0.3, -0.25) is 28.9 Å². The molecule has 0 bridgehead atoms. The fourth-order valence-corrected chi connectivity index (χ4v) is 5.74. The molecule has 0 aliphatic carbocycles. The number of nitrogens with two attached hydrogens (primary N) is 2. The number of nitrogens with one attached hydrogen (secondary N) is 2. The number of carbonyl (C=O) groups is 5. The fourth-order valence-electron chi connectivity index (χ4n) is 5.74. The predicted molar refractivity (Wildman–Crippen MR) is 182 cm³/mol. The summed E-state index contributed by atoms with van der Waals surface area (Å²) in [6.07, 6.45) is 6.30. The van der Waals surface area contributed by atoms with Crippen molar-refractivity contribution < 1.29 is 24.0 Å². The number of para-hydroxylation sites is 1. The molecule has 2 aromatic carbocycles. The van der Waals surface area contributed by atoms with Crippen molar-refractivity contribution in [1.29, 1.82) is 0 Å². The van der Waals surface area contributed by atoms with Gasteiger partial charge in [-0.15, -0.1) is 0 Å². The van der Waals surface area contributed by atoms with Crippen LogP contribution in [-0.2, 0) is 36.9 Å². The Morgan fingerprint density at radius 1 is 0.917 bits per heavy atom. The largest absolute Gasteiger partial charge is 0.399 e. The van der Waals surface area contributed by atoms with Crippen LogP contribution >= 0.6 is 0 Å². The number of rotatable bonds is 16. The SMILES string of the molecule is CCCCc1nc2c(NC(=O)[C@H](CC(N)=O)NC(=O)CCCCCN3C(=O)C=CC3=O)nc3ccccc3c2n1Cc1ccc(N)cc1. The number of hydrogen-bond acceptors (Lipinski definition) is 8. The Morgan fingerprint density at radius 2 is 1.65 bits per heavy atom. The van der Waals surface area contributed by atoms with Crippen molar-refractivity contribution in [3.05, 3.63) is 72.1 Å². The molecule has 0 unspecified atom stereocenters. The van der Waals surface area contributed by atoms with Gasteiger partial charge in [0.05, 0.1) is 17.5 Å². The number of unbranched alkanes of at least 4 members (excludes halogenated alkanes) is 3. The summed E-state index contributed by atoms with van der Waals surface area (Å²) in [5, 5.41) is 6.34. The molecule has 0 fully saturated rings. The number of nitrogen functional groups attached to an aromatic ring is 1. The van der Waals surface area contributed by atoms with Gasteiger partial charge in [0, 0.05) is 49.2 Å². The van der Waals surface area contributed by atoms with Gasteiger partial charge >= 0.3 is 0 Å². The molecule has 3 heterocycles. The van der Waals surface area contributed by atoms with Crippen molar-refractivity contribution in [2.24, 2.45) is 5.73 Å². The molecule has 5 rings (SSSR count). The van der Waals surface area contributed by atoms with Crippen LogP contribution < -0.4 is 22.1 Å². The van der Waals surface area contributed by atoms with Gasteiger partial charge in [-0.2, -0.15) is 0 Å². The third kappa shape index (κ3) is 8.03. The molecule has 0 radical (unpaired) electrons. The smallest absolute Gasteiger partial charge is 0.253 e. The molecule has 48 heavy (non-hydrogen) atoms. The molecule has 0 spiro atoms. The quantitative estimate of drug-likeness (QED) is 0.0803. The molecule has 0 saturated carbocycles. The minimum atomic E-state index is -1.24. The van der Waals surface area contributed by atoms with Gasteiger partial charge in [0.25, 0.3) is 11.8 Å². The van der Waals surface area contributed by atoms with E-state index in [1.54, 1.807) is 0 Å². The van der Waals surface area contributed by atoms with Crippen molar-refractivity contribution in [2.75, 3.05) is 17.6 Å². The maximum Gasteiger partial charge on any atom is 0.253 e. The zero-order valence-corrected chi connectivity index (χ0v) is 26.9. The number of imidazole rings is 1. The Hall–Kier alpha value is -5.59. The van der Waals surface area contributed by atoms with E-state index in [4.69, 9.17) is 21.4 Å². The monoisotopic (exact) mass is 652 g/mol. The van der Waals surface area contributed by atoms with Crippen LogP contribution in [0.1, 0.15) is 63.3 Å². The Morgan fingerprint density at radius 3 is 2.35 bits per heavy atom. The number of imide groups is 1. The van der Waals surface area contributed by atoms with Crippen LogP contribution in [-0.4, -0.2) is 61.6 Å². The van der Waals surface area contributed by atoms with E-state index in [-0.39, 0.29) is 30.6 Å². The summed E-state index contributed by atoms with van der Waals surface area (Å²) >= 11 is 0. The highest BCUT2D eigenvalue weighted by atomic mass is 16.2. The summed E-state index contributed by atoms with van der Waals surface area (Å²) in [6, 6.07) is 14.0.